The van der Waals surface area contributed by atoms with Crippen molar-refractivity contribution in [3.8, 4) is 0 Å². The van der Waals surface area contributed by atoms with Gasteiger partial charge in [0, 0.05) is 0 Å². The van der Waals surface area contributed by atoms with Gasteiger partial charge >= 0.3 is 0 Å². The highest BCUT2D eigenvalue weighted by molar-refractivity contribution is 7.99. The highest BCUT2D eigenvalue weighted by Crippen LogP contribution is 2.19. The van der Waals surface area contributed by atoms with Crippen LogP contribution in [0.3, 0.4) is 0 Å². The molecule has 0 aliphatic heterocycles. The Morgan fingerprint density at radius 3 is 1.80 bits per heavy atom. The summed E-state index contributed by atoms with van der Waals surface area (Å²) in [5.41, 5.74) is 0. The van der Waals surface area contributed by atoms with Crippen LogP contribution in [0.2, 0.25) is 0 Å². The molecule has 0 aliphatic rings. The summed E-state index contributed by atoms with van der Waals surface area (Å²) in [5, 5.41) is 0.793. The first-order valence-electron chi connectivity index (χ1n) is 4.15. The van der Waals surface area contributed by atoms with Gasteiger partial charge in [0.25, 0.3) is 0 Å². The highest BCUT2D eigenvalue weighted by Gasteiger charge is 2.07. The lowest BCUT2D eigenvalue weighted by Gasteiger charge is -2.15. The van der Waals surface area contributed by atoms with Crippen LogP contribution in [0.15, 0.2) is 0 Å². The second kappa shape index (κ2) is 5.06. The Hall–Kier alpha value is 0.350. The Morgan fingerprint density at radius 2 is 1.50 bits per heavy atom. The predicted octanol–water partition coefficient (Wildman–Crippen LogP) is 3.42. The molecule has 0 aliphatic carbocycles. The maximum Gasteiger partial charge on any atom is -0.000958 e. The molecule has 1 heteroatoms. The summed E-state index contributed by atoms with van der Waals surface area (Å²) in [6, 6.07) is 0. The molecular weight excluding hydrogens is 140 g/mol. The molecule has 10 heavy (non-hydrogen) atoms. The van der Waals surface area contributed by atoms with Crippen LogP contribution < -0.4 is 0 Å². The van der Waals surface area contributed by atoms with Crippen LogP contribution in [-0.4, -0.2) is 11.0 Å². The van der Waals surface area contributed by atoms with Crippen molar-refractivity contribution in [1.82, 2.24) is 0 Å². The van der Waals surface area contributed by atoms with Gasteiger partial charge < -0.3 is 0 Å². The molecule has 0 bridgehead atoms. The van der Waals surface area contributed by atoms with Crippen molar-refractivity contribution in [3.05, 3.63) is 0 Å². The van der Waals surface area contributed by atoms with E-state index in [1.807, 2.05) is 0 Å². The van der Waals surface area contributed by atoms with Gasteiger partial charge in [-0.25, -0.2) is 0 Å². The van der Waals surface area contributed by atoms with Crippen molar-refractivity contribution < 1.29 is 0 Å². The molecule has 0 heterocycles. The molecule has 0 radical (unpaired) electrons. The van der Waals surface area contributed by atoms with Gasteiger partial charge in [0.05, 0.1) is 0 Å². The van der Waals surface area contributed by atoms with Crippen molar-refractivity contribution >= 4 is 11.8 Å². The molecule has 0 fully saturated rings. The van der Waals surface area contributed by atoms with Crippen molar-refractivity contribution in [1.29, 1.82) is 0 Å². The molecule has 1 atom stereocenters. The van der Waals surface area contributed by atoms with E-state index in [4.69, 9.17) is 0 Å². The average Bonchev–Trinajstić information content (AvgIpc) is 1.82. The van der Waals surface area contributed by atoms with Crippen molar-refractivity contribution in [2.24, 2.45) is 11.8 Å². The van der Waals surface area contributed by atoms with Gasteiger partial charge in [0.2, 0.25) is 0 Å². The van der Waals surface area contributed by atoms with Gasteiger partial charge in [0.1, 0.15) is 0 Å². The molecule has 0 amide bonds. The molecule has 0 N–H and O–H groups in total. The van der Waals surface area contributed by atoms with Gasteiger partial charge in [-0.3, -0.25) is 0 Å². The molecule has 0 spiro atoms. The molecule has 62 valence electrons. The molecule has 0 rings (SSSR count). The molecule has 0 aromatic rings. The lowest BCUT2D eigenvalue weighted by Crippen LogP contribution is -2.08. The topological polar surface area (TPSA) is 0 Å². The molecule has 0 nitrogen and oxygen atoms in total. The normalized spacial score (nSPS) is 14.7. The lowest BCUT2D eigenvalue weighted by molar-refractivity contribution is 0.464. The summed E-state index contributed by atoms with van der Waals surface area (Å²) in [7, 11) is 0. The van der Waals surface area contributed by atoms with E-state index in [9.17, 15) is 0 Å². The Labute approximate surface area is 69.8 Å². The zero-order chi connectivity index (χ0) is 8.15. The first kappa shape index (κ1) is 10.3. The first-order valence-corrected chi connectivity index (χ1v) is 5.20. The van der Waals surface area contributed by atoms with Crippen LogP contribution in [0.5, 0.6) is 0 Å². The predicted molar refractivity (Wildman–Crippen MR) is 51.6 cm³/mol. The fourth-order valence-electron chi connectivity index (χ4n) is 0.537. The average molecular weight is 160 g/mol. The van der Waals surface area contributed by atoms with Crippen molar-refractivity contribution in [3.63, 3.8) is 0 Å². The first-order chi connectivity index (χ1) is 4.54. The monoisotopic (exact) mass is 160 g/mol. The second-order valence-electron chi connectivity index (χ2n) is 3.60. The van der Waals surface area contributed by atoms with Gasteiger partial charge in [-0.05, 0) is 22.8 Å². The summed E-state index contributed by atoms with van der Waals surface area (Å²) in [5.74, 6) is 3.02. The van der Waals surface area contributed by atoms with Crippen molar-refractivity contribution in [2.45, 2.75) is 39.9 Å². The van der Waals surface area contributed by atoms with E-state index in [1.165, 1.54) is 5.75 Å². The van der Waals surface area contributed by atoms with E-state index in [1.54, 1.807) is 0 Å². The number of hydrogen-bond donors (Lipinski definition) is 0. The van der Waals surface area contributed by atoms with E-state index in [0.29, 0.717) is 0 Å². The van der Waals surface area contributed by atoms with Crippen LogP contribution in [0, 0.1) is 11.8 Å². The third-order valence-electron chi connectivity index (χ3n) is 1.83. The van der Waals surface area contributed by atoms with E-state index in [0.717, 1.165) is 17.1 Å². The SMILES string of the molecule is CC(C)SC[C@@H](C)C(C)C. The largest absolute Gasteiger partial charge is 0.159 e. The van der Waals surface area contributed by atoms with Crippen molar-refractivity contribution in [2.75, 3.05) is 5.75 Å². The number of thioether (sulfide) groups is 1. The molecule has 0 saturated carbocycles. The molecule has 0 saturated heterocycles. The Kier molecular flexibility index (Phi) is 5.24. The van der Waals surface area contributed by atoms with E-state index in [2.05, 4.69) is 46.4 Å². The summed E-state index contributed by atoms with van der Waals surface area (Å²) in [6.45, 7) is 11.5. The van der Waals surface area contributed by atoms with Gasteiger partial charge in [0.15, 0.2) is 0 Å². The van der Waals surface area contributed by atoms with Gasteiger partial charge in [-0.15, -0.1) is 0 Å². The third-order valence-corrected chi connectivity index (χ3v) is 3.22. The Bertz CT molecular complexity index is 76.8. The minimum Gasteiger partial charge on any atom is -0.159 e. The summed E-state index contributed by atoms with van der Waals surface area (Å²) in [6.07, 6.45) is 0. The summed E-state index contributed by atoms with van der Waals surface area (Å²) in [4.78, 5) is 0. The lowest BCUT2D eigenvalue weighted by atomic mass is 10.0. The second-order valence-corrected chi connectivity index (χ2v) is 5.21. The molecule has 0 aromatic carbocycles. The minimum atomic E-state index is 0.793. The number of hydrogen-bond acceptors (Lipinski definition) is 1. The minimum absolute atomic E-state index is 0.793. The van der Waals surface area contributed by atoms with E-state index < -0.39 is 0 Å². The Morgan fingerprint density at radius 1 is 1.00 bits per heavy atom. The highest BCUT2D eigenvalue weighted by atomic mass is 32.2. The van der Waals surface area contributed by atoms with Gasteiger partial charge in [-0.2, -0.15) is 11.8 Å². The van der Waals surface area contributed by atoms with Crippen LogP contribution in [0.1, 0.15) is 34.6 Å². The van der Waals surface area contributed by atoms with Crippen LogP contribution in [-0.2, 0) is 0 Å². The number of rotatable bonds is 4. The summed E-state index contributed by atoms with van der Waals surface area (Å²) < 4.78 is 0. The van der Waals surface area contributed by atoms with Crippen LogP contribution in [0.4, 0.5) is 0 Å². The molecular formula is C9H20S. The maximum absolute atomic E-state index is 2.33. The smallest absolute Gasteiger partial charge is 0.000958 e. The standard InChI is InChI=1S/C9H20S/c1-7(2)9(5)6-10-8(3)4/h7-9H,6H2,1-5H3/t9-/m1/s1. The van der Waals surface area contributed by atoms with Gasteiger partial charge in [-0.1, -0.05) is 34.6 Å². The molecule has 0 aromatic heterocycles. The zero-order valence-electron chi connectivity index (χ0n) is 7.85. The summed E-state index contributed by atoms with van der Waals surface area (Å²) >= 11 is 2.07. The fraction of sp³-hybridized carbons (Fsp3) is 1.00. The zero-order valence-corrected chi connectivity index (χ0v) is 8.66. The molecule has 0 unspecified atom stereocenters. The van der Waals surface area contributed by atoms with E-state index in [-0.39, 0.29) is 0 Å². The van der Waals surface area contributed by atoms with Crippen LogP contribution in [0.25, 0.3) is 0 Å². The maximum atomic E-state index is 2.33. The fourth-order valence-corrected chi connectivity index (χ4v) is 1.61. The van der Waals surface area contributed by atoms with Crippen LogP contribution >= 0.6 is 11.8 Å². The third kappa shape index (κ3) is 5.16. The quantitative estimate of drug-likeness (QED) is 0.607. The van der Waals surface area contributed by atoms with E-state index >= 15 is 0 Å². The Balaban J connectivity index is 3.30.